The number of hydrogen-bond donors (Lipinski definition) is 6. The minimum Gasteiger partial charge on any atom is -0.391 e. The van der Waals surface area contributed by atoms with Crippen LogP contribution in [0.25, 0.3) is 21.6 Å². The highest BCUT2D eigenvalue weighted by Crippen LogP contribution is 2.35. The lowest BCUT2D eigenvalue weighted by molar-refractivity contribution is -0.144. The molecule has 0 spiro atoms. The number of amides is 5. The number of nitrogens with zero attached hydrogens (tertiary/aromatic N) is 3. The fourth-order valence-corrected chi connectivity index (χ4v) is 11.1. The van der Waals surface area contributed by atoms with E-state index in [1.807, 2.05) is 103 Å². The van der Waals surface area contributed by atoms with Gasteiger partial charge in [-0.1, -0.05) is 57.2 Å². The van der Waals surface area contributed by atoms with E-state index in [1.54, 1.807) is 23.5 Å². The predicted molar refractivity (Wildman–Crippen MR) is 312 cm³/mol. The molecule has 436 valence electrons. The summed E-state index contributed by atoms with van der Waals surface area (Å²) in [7, 11) is 0. The highest BCUT2D eigenvalue weighted by atomic mass is 32.1. The summed E-state index contributed by atoms with van der Waals surface area (Å²) >= 11 is 1.57. The largest absolute Gasteiger partial charge is 0.391 e. The van der Waals surface area contributed by atoms with Crippen LogP contribution in [0, 0.1) is 33.1 Å². The number of carbonyl (C=O) groups is 5. The Bertz CT molecular complexity index is 3000. The van der Waals surface area contributed by atoms with Crippen LogP contribution < -0.4 is 31.7 Å². The summed E-state index contributed by atoms with van der Waals surface area (Å²) in [6.45, 7) is 19.3. The average molecular weight is 1130 g/mol. The highest BCUT2D eigenvalue weighted by Gasteiger charge is 2.44. The normalized spacial score (nSPS) is 16.0. The number of H-pyrrole nitrogens is 1. The number of aliphatic hydroxyl groups is 1. The molecule has 81 heavy (non-hydrogen) atoms. The molecule has 0 aliphatic carbocycles. The maximum absolute atomic E-state index is 14.0. The van der Waals surface area contributed by atoms with Crippen LogP contribution >= 0.6 is 11.3 Å². The number of nitrogens with one attached hydrogen (secondary N) is 5. The molecule has 3 aromatic carbocycles. The number of aryl methyl sites for hydroxylation is 3. The van der Waals surface area contributed by atoms with Crippen molar-refractivity contribution in [3.63, 3.8) is 0 Å². The number of aromatic amines is 1. The quantitative estimate of drug-likeness (QED) is 0.0333. The Labute approximate surface area is 478 Å². The fourth-order valence-electron chi connectivity index (χ4n) is 10.3. The summed E-state index contributed by atoms with van der Waals surface area (Å²) < 4.78 is 22.6. The Hall–Kier alpha value is -6.81. The molecule has 2 fully saturated rings. The SMILES string of the molecule is CCN(c1cc(-c2ccc(C(=O)NCCOCCOCCOCCC(=O)N[C@H](C(=O)N3C[C@H](O)C[C@H]3C(=O)NCc3ccc(-c4scnc4C)cc3)C(C)(C)C)cc2)cc(C(=O)NCc2c(C)cc(C)[nH]c2=O)c1C)C1CCOCC1. The third kappa shape index (κ3) is 16.9. The zero-order valence-corrected chi connectivity index (χ0v) is 48.9. The summed E-state index contributed by atoms with van der Waals surface area (Å²) in [6.07, 6.45) is 0.956. The van der Waals surface area contributed by atoms with Crippen LogP contribution in [0.1, 0.15) is 108 Å². The minimum atomic E-state index is -0.954. The monoisotopic (exact) mass is 1130 g/mol. The van der Waals surface area contributed by atoms with Crippen molar-refractivity contribution in [2.24, 2.45) is 5.41 Å². The number of thiazole rings is 1. The number of carbonyl (C=O) groups excluding carboxylic acids is 5. The Morgan fingerprint density at radius 2 is 1.49 bits per heavy atom. The van der Waals surface area contributed by atoms with Crippen LogP contribution in [0.2, 0.25) is 0 Å². The molecule has 0 bridgehead atoms. The van der Waals surface area contributed by atoms with Gasteiger partial charge in [0.2, 0.25) is 17.7 Å². The Morgan fingerprint density at radius 1 is 0.827 bits per heavy atom. The van der Waals surface area contributed by atoms with E-state index >= 15 is 0 Å². The number of β-amino-alcohol motifs (C(OH)–C–C–N with tert-alkyl or cyclic N) is 1. The van der Waals surface area contributed by atoms with Crippen LogP contribution in [0.5, 0.6) is 0 Å². The highest BCUT2D eigenvalue weighted by molar-refractivity contribution is 7.13. The van der Waals surface area contributed by atoms with E-state index < -0.39 is 29.5 Å². The molecule has 5 amide bonds. The molecule has 6 N–H and O–H groups in total. The van der Waals surface area contributed by atoms with Gasteiger partial charge >= 0.3 is 0 Å². The van der Waals surface area contributed by atoms with Gasteiger partial charge in [0, 0.05) is 92.9 Å². The summed E-state index contributed by atoms with van der Waals surface area (Å²) in [4.78, 5) is 92.4. The number of ether oxygens (including phenoxy) is 4. The predicted octanol–water partition coefficient (Wildman–Crippen LogP) is 6.31. The number of likely N-dealkylation sites (tertiary alicyclic amines) is 1. The molecule has 0 unspecified atom stereocenters. The molecule has 3 atom stereocenters. The molecule has 7 rings (SSSR count). The van der Waals surface area contributed by atoms with E-state index in [9.17, 15) is 33.9 Å². The molecular formula is C61H80N8O11S. The molecular weight excluding hydrogens is 1050 g/mol. The number of hydrogen-bond acceptors (Lipinski definition) is 14. The molecule has 2 aliphatic rings. The van der Waals surface area contributed by atoms with E-state index in [2.05, 4.69) is 49.1 Å². The fraction of sp³-hybridized carbons (Fsp3) is 0.492. The van der Waals surface area contributed by atoms with Crippen LogP contribution in [-0.2, 0) is 46.4 Å². The molecule has 5 aromatic rings. The first kappa shape index (κ1) is 61.8. The van der Waals surface area contributed by atoms with E-state index in [0.717, 1.165) is 74.7 Å². The first-order valence-electron chi connectivity index (χ1n) is 28.0. The van der Waals surface area contributed by atoms with Crippen LogP contribution in [-0.4, -0.2) is 146 Å². The number of aliphatic hydroxyl groups excluding tert-OH is 1. The topological polar surface area (TPSA) is 243 Å². The Morgan fingerprint density at radius 3 is 2.14 bits per heavy atom. The number of benzene rings is 3. The molecule has 2 aromatic heterocycles. The molecule has 4 heterocycles. The van der Waals surface area contributed by atoms with Crippen molar-refractivity contribution in [1.82, 2.24) is 36.1 Å². The van der Waals surface area contributed by atoms with Gasteiger partial charge in [0.1, 0.15) is 12.1 Å². The van der Waals surface area contributed by atoms with Gasteiger partial charge in [0.15, 0.2) is 0 Å². The van der Waals surface area contributed by atoms with Crippen molar-refractivity contribution < 1.29 is 48.0 Å². The smallest absolute Gasteiger partial charge is 0.253 e. The van der Waals surface area contributed by atoms with Gasteiger partial charge < -0.3 is 60.1 Å². The zero-order chi connectivity index (χ0) is 58.2. The first-order chi connectivity index (χ1) is 38.8. The zero-order valence-electron chi connectivity index (χ0n) is 48.0. The second-order valence-electron chi connectivity index (χ2n) is 21.8. The van der Waals surface area contributed by atoms with Gasteiger partial charge in [0.25, 0.3) is 17.4 Å². The molecule has 0 saturated carbocycles. The van der Waals surface area contributed by atoms with Gasteiger partial charge in [-0.25, -0.2) is 4.98 Å². The third-order valence-corrected chi connectivity index (χ3v) is 15.7. The maximum Gasteiger partial charge on any atom is 0.253 e. The number of pyridine rings is 1. The van der Waals surface area contributed by atoms with Crippen molar-refractivity contribution in [2.75, 3.05) is 77.4 Å². The maximum atomic E-state index is 14.0. The lowest BCUT2D eigenvalue weighted by Crippen LogP contribution is -2.57. The Balaban J connectivity index is 0.799. The van der Waals surface area contributed by atoms with E-state index in [1.165, 1.54) is 4.90 Å². The molecule has 2 aliphatic heterocycles. The molecule has 20 heteroatoms. The van der Waals surface area contributed by atoms with Gasteiger partial charge in [-0.05, 0) is 117 Å². The van der Waals surface area contributed by atoms with E-state index in [0.29, 0.717) is 43.1 Å². The van der Waals surface area contributed by atoms with E-state index in [-0.39, 0.29) is 101 Å². The standard InChI is InChI=1S/C61H80N8O11S/c1-9-68(47-18-22-77-23-19-47)51-32-46(31-49(40(51)4)57(73)64-35-50-38(2)30-39(3)66-58(50)74)43-14-16-45(17-15-43)56(72)62-21-25-79-27-29-80-28-26-78-24-20-53(71)67-55(61(6,7)8)60(76)69-36-48(70)33-52(69)59(75)63-34-42-10-12-44(13-11-42)54-41(5)65-37-81-54/h10-17,30-32,37,47-48,52,55,70H,9,18-29,33-36H2,1-8H3,(H,62,72)(H,63,75)(H,64,73)(H,66,74)(H,67,71)/t48-,52+,55-/m1/s1. The van der Waals surface area contributed by atoms with Crippen molar-refractivity contribution in [1.29, 1.82) is 0 Å². The van der Waals surface area contributed by atoms with Crippen LogP contribution in [0.4, 0.5) is 5.69 Å². The first-order valence-corrected chi connectivity index (χ1v) is 28.8. The van der Waals surface area contributed by atoms with Crippen molar-refractivity contribution >= 4 is 46.6 Å². The van der Waals surface area contributed by atoms with Crippen LogP contribution in [0.15, 0.2) is 77.0 Å². The number of aromatic nitrogens is 2. The van der Waals surface area contributed by atoms with E-state index in [4.69, 9.17) is 18.9 Å². The van der Waals surface area contributed by atoms with Gasteiger partial charge in [-0.2, -0.15) is 0 Å². The second kappa shape index (κ2) is 29.3. The lowest BCUT2D eigenvalue weighted by Gasteiger charge is -2.37. The summed E-state index contributed by atoms with van der Waals surface area (Å²) in [5.41, 5.74) is 10.3. The van der Waals surface area contributed by atoms with Gasteiger partial charge in [-0.15, -0.1) is 11.3 Å². The molecule has 0 radical (unpaired) electrons. The summed E-state index contributed by atoms with van der Waals surface area (Å²) in [5, 5.41) is 22.3. The Kier molecular flexibility index (Phi) is 22.3. The van der Waals surface area contributed by atoms with Gasteiger partial charge in [0.05, 0.1) is 61.8 Å². The summed E-state index contributed by atoms with van der Waals surface area (Å²) in [5.74, 6) is -1.74. The van der Waals surface area contributed by atoms with Crippen LogP contribution in [0.3, 0.4) is 0 Å². The third-order valence-electron chi connectivity index (χ3n) is 14.8. The average Bonchev–Trinajstić information content (AvgIpc) is 4.14. The van der Waals surface area contributed by atoms with Crippen molar-refractivity contribution in [3.05, 3.63) is 127 Å². The molecule has 2 saturated heterocycles. The van der Waals surface area contributed by atoms with Crippen molar-refractivity contribution in [2.45, 2.75) is 118 Å². The van der Waals surface area contributed by atoms with Crippen molar-refractivity contribution in [3.8, 4) is 21.6 Å². The lowest BCUT2D eigenvalue weighted by atomic mass is 9.85. The minimum absolute atomic E-state index is 0.00260. The summed E-state index contributed by atoms with van der Waals surface area (Å²) in [6, 6.07) is 19.4. The van der Waals surface area contributed by atoms with Gasteiger partial charge in [-0.3, -0.25) is 28.8 Å². The number of rotatable bonds is 26. The number of anilines is 1. The molecule has 19 nitrogen and oxygen atoms in total. The second-order valence-corrected chi connectivity index (χ2v) is 22.6.